The Hall–Kier alpha value is -1.79. The third kappa shape index (κ3) is 8.17. The molecule has 0 spiro atoms. The minimum atomic E-state index is -0.583. The van der Waals surface area contributed by atoms with Crippen molar-refractivity contribution in [1.29, 1.82) is 0 Å². The number of rotatable bonds is 6. The zero-order chi connectivity index (χ0) is 18.2. The van der Waals surface area contributed by atoms with Crippen molar-refractivity contribution in [2.45, 2.75) is 70.9 Å². The monoisotopic (exact) mass is 342 g/mol. The zero-order valence-electron chi connectivity index (χ0n) is 15.2. The van der Waals surface area contributed by atoms with Crippen LogP contribution in [0.1, 0.15) is 59.3 Å². The van der Waals surface area contributed by atoms with Gasteiger partial charge in [0.2, 0.25) is 0 Å². The number of esters is 1. The minimum absolute atomic E-state index is 0.000332. The van der Waals surface area contributed by atoms with Crippen molar-refractivity contribution in [3.8, 4) is 0 Å². The van der Waals surface area contributed by atoms with Gasteiger partial charge in [-0.2, -0.15) is 0 Å². The van der Waals surface area contributed by atoms with Crippen molar-refractivity contribution in [3.63, 3.8) is 0 Å². The third-order valence-corrected chi connectivity index (χ3v) is 3.87. The highest BCUT2D eigenvalue weighted by Crippen LogP contribution is 2.21. The van der Waals surface area contributed by atoms with Crippen LogP contribution in [0.3, 0.4) is 0 Å². The SMILES string of the molecule is CN(C(=O)COC(=O)CCNC(=O)OC(C)(C)C)C1CCCCC1. The number of alkyl carbamates (subject to hydrolysis) is 1. The molecule has 0 atom stereocenters. The fraction of sp³-hybridized carbons (Fsp3) is 0.824. The molecule has 1 N–H and O–H groups in total. The highest BCUT2D eigenvalue weighted by Gasteiger charge is 2.22. The van der Waals surface area contributed by atoms with Gasteiger partial charge in [-0.15, -0.1) is 0 Å². The van der Waals surface area contributed by atoms with Crippen LogP contribution >= 0.6 is 0 Å². The van der Waals surface area contributed by atoms with Crippen LogP contribution in [0, 0.1) is 0 Å². The van der Waals surface area contributed by atoms with Gasteiger partial charge in [0.1, 0.15) is 5.60 Å². The molecule has 0 unspecified atom stereocenters. The second-order valence-corrected chi connectivity index (χ2v) is 7.14. The van der Waals surface area contributed by atoms with Crippen molar-refractivity contribution in [2.75, 3.05) is 20.2 Å². The molecule has 0 aliphatic heterocycles. The van der Waals surface area contributed by atoms with E-state index in [1.165, 1.54) is 6.42 Å². The number of nitrogens with zero attached hydrogens (tertiary/aromatic N) is 1. The molecule has 1 saturated carbocycles. The molecule has 138 valence electrons. The van der Waals surface area contributed by atoms with Crippen molar-refractivity contribution < 1.29 is 23.9 Å². The zero-order valence-corrected chi connectivity index (χ0v) is 15.2. The fourth-order valence-corrected chi connectivity index (χ4v) is 2.57. The molecule has 7 heteroatoms. The summed E-state index contributed by atoms with van der Waals surface area (Å²) in [6, 6.07) is 0.249. The summed E-state index contributed by atoms with van der Waals surface area (Å²) >= 11 is 0. The maximum Gasteiger partial charge on any atom is 0.407 e. The molecule has 0 bridgehead atoms. The first-order valence-corrected chi connectivity index (χ1v) is 8.57. The molecule has 0 saturated heterocycles. The van der Waals surface area contributed by atoms with Crippen LogP contribution in [0.2, 0.25) is 0 Å². The van der Waals surface area contributed by atoms with Crippen molar-refractivity contribution in [2.24, 2.45) is 0 Å². The van der Waals surface area contributed by atoms with Crippen LogP contribution in [0.15, 0.2) is 0 Å². The second-order valence-electron chi connectivity index (χ2n) is 7.14. The smallest absolute Gasteiger partial charge is 0.407 e. The third-order valence-electron chi connectivity index (χ3n) is 3.87. The first-order chi connectivity index (χ1) is 11.2. The maximum absolute atomic E-state index is 12.0. The summed E-state index contributed by atoms with van der Waals surface area (Å²) in [6.45, 7) is 5.14. The van der Waals surface area contributed by atoms with Gasteiger partial charge in [0.05, 0.1) is 6.42 Å². The second kappa shape index (κ2) is 9.49. The van der Waals surface area contributed by atoms with Gasteiger partial charge < -0.3 is 19.7 Å². The number of carbonyl (C=O) groups excluding carboxylic acids is 3. The summed E-state index contributed by atoms with van der Waals surface area (Å²) in [4.78, 5) is 36.8. The van der Waals surface area contributed by atoms with Gasteiger partial charge in [-0.3, -0.25) is 9.59 Å². The van der Waals surface area contributed by atoms with Gasteiger partial charge in [0, 0.05) is 19.6 Å². The van der Waals surface area contributed by atoms with E-state index in [9.17, 15) is 14.4 Å². The molecule has 0 heterocycles. The Morgan fingerprint density at radius 3 is 2.33 bits per heavy atom. The molecular formula is C17H30N2O5. The van der Waals surface area contributed by atoms with Crippen LogP contribution in [0.4, 0.5) is 4.79 Å². The standard InChI is InChI=1S/C17H30N2O5/c1-17(2,3)24-16(22)18-11-10-15(21)23-12-14(20)19(4)13-8-6-5-7-9-13/h13H,5-12H2,1-4H3,(H,18,22). The molecule has 0 aromatic carbocycles. The maximum atomic E-state index is 12.0. The molecule has 1 rings (SSSR count). The number of amides is 2. The molecule has 2 amide bonds. The average molecular weight is 342 g/mol. The van der Waals surface area contributed by atoms with Gasteiger partial charge in [0.15, 0.2) is 6.61 Å². The van der Waals surface area contributed by atoms with Crippen LogP contribution in [-0.2, 0) is 19.1 Å². The molecule has 0 aromatic heterocycles. The van der Waals surface area contributed by atoms with E-state index in [4.69, 9.17) is 9.47 Å². The Balaban J connectivity index is 2.18. The summed E-state index contributed by atoms with van der Waals surface area (Å²) in [7, 11) is 1.76. The normalized spacial score (nSPS) is 15.5. The van der Waals surface area contributed by atoms with Crippen LogP contribution in [-0.4, -0.2) is 54.7 Å². The molecule has 0 radical (unpaired) electrons. The number of hydrogen-bond donors (Lipinski definition) is 1. The largest absolute Gasteiger partial charge is 0.456 e. The lowest BCUT2D eigenvalue weighted by Gasteiger charge is -2.31. The molecule has 0 aromatic rings. The summed E-state index contributed by atoms with van der Waals surface area (Å²) in [6.07, 6.45) is 4.93. The van der Waals surface area contributed by atoms with Crippen LogP contribution in [0.25, 0.3) is 0 Å². The summed E-state index contributed by atoms with van der Waals surface area (Å²) < 4.78 is 10.0. The Morgan fingerprint density at radius 1 is 1.12 bits per heavy atom. The highest BCUT2D eigenvalue weighted by molar-refractivity contribution is 5.80. The highest BCUT2D eigenvalue weighted by atomic mass is 16.6. The van der Waals surface area contributed by atoms with E-state index in [1.807, 2.05) is 0 Å². The van der Waals surface area contributed by atoms with E-state index in [0.29, 0.717) is 0 Å². The number of likely N-dealkylation sites (N-methyl/N-ethyl adjacent to an activating group) is 1. The Morgan fingerprint density at radius 2 is 1.75 bits per heavy atom. The minimum Gasteiger partial charge on any atom is -0.456 e. The van der Waals surface area contributed by atoms with E-state index >= 15 is 0 Å². The molecule has 1 fully saturated rings. The molecular weight excluding hydrogens is 312 g/mol. The number of carbonyl (C=O) groups is 3. The van der Waals surface area contributed by atoms with Crippen molar-refractivity contribution >= 4 is 18.0 Å². The Labute approximate surface area is 144 Å². The summed E-state index contributed by atoms with van der Waals surface area (Å²) in [5, 5.41) is 2.47. The van der Waals surface area contributed by atoms with Gasteiger partial charge in [0.25, 0.3) is 5.91 Å². The van der Waals surface area contributed by atoms with E-state index in [1.54, 1.807) is 32.7 Å². The van der Waals surface area contributed by atoms with Gasteiger partial charge >= 0.3 is 12.1 Å². The van der Waals surface area contributed by atoms with Crippen LogP contribution in [0.5, 0.6) is 0 Å². The van der Waals surface area contributed by atoms with E-state index < -0.39 is 17.7 Å². The fourth-order valence-electron chi connectivity index (χ4n) is 2.57. The van der Waals surface area contributed by atoms with E-state index in [2.05, 4.69) is 5.32 Å². The quantitative estimate of drug-likeness (QED) is 0.748. The van der Waals surface area contributed by atoms with E-state index in [0.717, 1.165) is 25.7 Å². The average Bonchev–Trinajstić information content (AvgIpc) is 2.51. The molecule has 1 aliphatic rings. The van der Waals surface area contributed by atoms with Crippen molar-refractivity contribution in [1.82, 2.24) is 10.2 Å². The first-order valence-electron chi connectivity index (χ1n) is 8.57. The summed E-state index contributed by atoms with van der Waals surface area (Å²) in [5.41, 5.74) is -0.583. The van der Waals surface area contributed by atoms with Gasteiger partial charge in [-0.1, -0.05) is 19.3 Å². The molecule has 24 heavy (non-hydrogen) atoms. The van der Waals surface area contributed by atoms with Gasteiger partial charge in [-0.25, -0.2) is 4.79 Å². The van der Waals surface area contributed by atoms with E-state index in [-0.39, 0.29) is 31.5 Å². The molecule has 7 nitrogen and oxygen atoms in total. The predicted octanol–water partition coefficient (Wildman–Crippen LogP) is 2.24. The summed E-state index contributed by atoms with van der Waals surface area (Å²) in [5.74, 6) is -0.702. The lowest BCUT2D eigenvalue weighted by Crippen LogP contribution is -2.40. The van der Waals surface area contributed by atoms with Crippen LogP contribution < -0.4 is 5.32 Å². The lowest BCUT2D eigenvalue weighted by atomic mass is 9.94. The molecule has 1 aliphatic carbocycles. The van der Waals surface area contributed by atoms with Gasteiger partial charge in [-0.05, 0) is 33.6 Å². The number of ether oxygens (including phenoxy) is 2. The Bertz CT molecular complexity index is 439. The predicted molar refractivity (Wildman–Crippen MR) is 89.5 cm³/mol. The number of nitrogens with one attached hydrogen (secondary N) is 1. The van der Waals surface area contributed by atoms with Crippen molar-refractivity contribution in [3.05, 3.63) is 0 Å². The Kier molecular flexibility index (Phi) is 8.01. The lowest BCUT2D eigenvalue weighted by molar-refractivity contribution is -0.152. The first kappa shape index (κ1) is 20.3. The number of hydrogen-bond acceptors (Lipinski definition) is 5. The topological polar surface area (TPSA) is 84.9 Å².